The molecule has 0 radical (unpaired) electrons. The van der Waals surface area contributed by atoms with Crippen LogP contribution in [0.5, 0.6) is 0 Å². The van der Waals surface area contributed by atoms with Gasteiger partial charge in [-0.3, -0.25) is 9.98 Å². The third-order valence-corrected chi connectivity index (χ3v) is 6.81. The summed E-state index contributed by atoms with van der Waals surface area (Å²) in [6, 6.07) is 6.60. The fourth-order valence-corrected chi connectivity index (χ4v) is 4.15. The number of rotatable bonds is 6. The fourth-order valence-electron chi connectivity index (χ4n) is 2.84. The van der Waals surface area contributed by atoms with Crippen LogP contribution in [0.1, 0.15) is 18.1 Å². The molecular formula is C20H17F3N6O2S. The minimum Gasteiger partial charge on any atom is -0.384 e. The van der Waals surface area contributed by atoms with Crippen LogP contribution in [0.25, 0.3) is 10.9 Å². The second kappa shape index (κ2) is 8.43. The monoisotopic (exact) mass is 462 g/mol. The molecule has 2 heterocycles. The fraction of sp³-hybridized carbons (Fsp3) is 0.200. The number of nitriles is 1. The van der Waals surface area contributed by atoms with Gasteiger partial charge in [0, 0.05) is 29.9 Å². The van der Waals surface area contributed by atoms with Gasteiger partial charge in [0.2, 0.25) is 0 Å². The summed E-state index contributed by atoms with van der Waals surface area (Å²) in [5.74, 6) is -3.23. The number of hydrogen-bond acceptors (Lipinski definition) is 7. The summed E-state index contributed by atoms with van der Waals surface area (Å²) < 4.78 is 68.2. The third kappa shape index (κ3) is 4.19. The lowest BCUT2D eigenvalue weighted by atomic mass is 10.2. The van der Waals surface area contributed by atoms with E-state index < -0.39 is 38.1 Å². The second-order valence-corrected chi connectivity index (χ2v) is 9.19. The number of aliphatic imine (C=N–C) groups is 1. The topological polar surface area (TPSA) is 134 Å². The van der Waals surface area contributed by atoms with Gasteiger partial charge in [0.15, 0.2) is 21.5 Å². The molecule has 12 heteroatoms. The first kappa shape index (κ1) is 23.0. The summed E-state index contributed by atoms with van der Waals surface area (Å²) in [7, 11) is -3.44. The van der Waals surface area contributed by atoms with Gasteiger partial charge in [0.1, 0.15) is 23.2 Å². The normalized spacial score (nSPS) is 14.1. The minimum atomic E-state index is -4.58. The lowest BCUT2D eigenvalue weighted by Crippen LogP contribution is -2.44. The number of halogens is 3. The molecule has 0 aliphatic heterocycles. The van der Waals surface area contributed by atoms with Crippen LogP contribution in [-0.4, -0.2) is 36.3 Å². The number of alkyl halides is 1. The maximum absolute atomic E-state index is 14.7. The van der Waals surface area contributed by atoms with Gasteiger partial charge in [-0.25, -0.2) is 26.6 Å². The van der Waals surface area contributed by atoms with Gasteiger partial charge in [-0.05, 0) is 31.2 Å². The van der Waals surface area contributed by atoms with Crippen molar-refractivity contribution in [3.8, 4) is 6.07 Å². The third-order valence-electron chi connectivity index (χ3n) is 4.74. The Hall–Kier alpha value is -3.72. The number of aromatic nitrogens is 2. The van der Waals surface area contributed by atoms with Crippen LogP contribution in [0, 0.1) is 23.0 Å². The largest absolute Gasteiger partial charge is 0.384 e. The molecule has 0 saturated carbocycles. The first-order chi connectivity index (χ1) is 15.0. The molecule has 3 aromatic rings. The predicted molar refractivity (Wildman–Crippen MR) is 114 cm³/mol. The Morgan fingerprint density at radius 1 is 1.25 bits per heavy atom. The van der Waals surface area contributed by atoms with Crippen molar-refractivity contribution in [1.82, 2.24) is 9.97 Å². The summed E-state index contributed by atoms with van der Waals surface area (Å²) in [5, 5.41) is 8.83. The van der Waals surface area contributed by atoms with Gasteiger partial charge in [-0.1, -0.05) is 0 Å². The van der Waals surface area contributed by atoms with Crippen molar-refractivity contribution in [1.29, 1.82) is 5.26 Å². The van der Waals surface area contributed by atoms with Crippen LogP contribution in [0.15, 0.2) is 41.7 Å². The predicted octanol–water partition coefficient (Wildman–Crippen LogP) is 3.11. The SMILES string of the molecule is C/N=C(/N)[C@](C)(F)S(=O)(=O)Cc1cc(Nc2ncc(F)c3cc(C#N)cnc23)ccc1F. The van der Waals surface area contributed by atoms with Crippen molar-refractivity contribution in [3.05, 3.63) is 59.4 Å². The van der Waals surface area contributed by atoms with E-state index in [9.17, 15) is 21.6 Å². The smallest absolute Gasteiger partial charge is 0.263 e. The zero-order chi connectivity index (χ0) is 23.7. The number of fused-ring (bicyclic) bond motifs is 1. The van der Waals surface area contributed by atoms with E-state index in [2.05, 4.69) is 20.3 Å². The van der Waals surface area contributed by atoms with Crippen LogP contribution < -0.4 is 11.1 Å². The molecule has 32 heavy (non-hydrogen) atoms. The average molecular weight is 462 g/mol. The first-order valence-corrected chi connectivity index (χ1v) is 10.7. The maximum atomic E-state index is 14.7. The molecule has 1 aromatic carbocycles. The highest BCUT2D eigenvalue weighted by atomic mass is 32.2. The molecule has 0 aliphatic carbocycles. The number of nitrogens with two attached hydrogens (primary N) is 1. The van der Waals surface area contributed by atoms with Crippen molar-refractivity contribution in [2.24, 2.45) is 10.7 Å². The van der Waals surface area contributed by atoms with E-state index in [-0.39, 0.29) is 33.5 Å². The van der Waals surface area contributed by atoms with Gasteiger partial charge >= 0.3 is 0 Å². The minimum absolute atomic E-state index is 0.0361. The van der Waals surface area contributed by atoms with E-state index in [1.165, 1.54) is 18.3 Å². The molecule has 0 amide bonds. The molecule has 166 valence electrons. The van der Waals surface area contributed by atoms with E-state index in [1.54, 1.807) is 0 Å². The van der Waals surface area contributed by atoms with Gasteiger partial charge in [-0.15, -0.1) is 0 Å². The lowest BCUT2D eigenvalue weighted by Gasteiger charge is -2.20. The number of nitrogens with one attached hydrogen (secondary N) is 1. The lowest BCUT2D eigenvalue weighted by molar-refractivity contribution is 0.376. The molecule has 3 rings (SSSR count). The van der Waals surface area contributed by atoms with Crippen molar-refractivity contribution in [2.75, 3.05) is 12.4 Å². The quantitative estimate of drug-likeness (QED) is 0.425. The van der Waals surface area contributed by atoms with Gasteiger partial charge in [0.25, 0.3) is 5.00 Å². The molecule has 0 spiro atoms. The summed E-state index contributed by atoms with van der Waals surface area (Å²) in [4.78, 5) is 11.3. The Morgan fingerprint density at radius 3 is 2.62 bits per heavy atom. The molecule has 0 fully saturated rings. The van der Waals surface area contributed by atoms with E-state index in [0.29, 0.717) is 0 Å². The maximum Gasteiger partial charge on any atom is 0.263 e. The van der Waals surface area contributed by atoms with Crippen LogP contribution in [-0.2, 0) is 15.6 Å². The van der Waals surface area contributed by atoms with Crippen molar-refractivity contribution < 1.29 is 21.6 Å². The Labute approximate surface area is 181 Å². The zero-order valence-electron chi connectivity index (χ0n) is 16.9. The molecule has 0 saturated heterocycles. The van der Waals surface area contributed by atoms with Crippen molar-refractivity contribution in [3.63, 3.8) is 0 Å². The number of hydrogen-bond donors (Lipinski definition) is 2. The number of amidine groups is 1. The van der Waals surface area contributed by atoms with Crippen LogP contribution >= 0.6 is 0 Å². The highest BCUT2D eigenvalue weighted by molar-refractivity contribution is 7.92. The number of nitrogens with zero attached hydrogens (tertiary/aromatic N) is 4. The van der Waals surface area contributed by atoms with Gasteiger partial charge < -0.3 is 11.1 Å². The highest BCUT2D eigenvalue weighted by Gasteiger charge is 2.43. The van der Waals surface area contributed by atoms with Crippen LogP contribution in [0.3, 0.4) is 0 Å². The summed E-state index contributed by atoms with van der Waals surface area (Å²) >= 11 is 0. The van der Waals surface area contributed by atoms with E-state index in [4.69, 9.17) is 11.0 Å². The van der Waals surface area contributed by atoms with E-state index in [1.807, 2.05) is 6.07 Å². The molecule has 8 nitrogen and oxygen atoms in total. The Bertz CT molecular complexity index is 1380. The number of pyridine rings is 2. The molecule has 1 atom stereocenters. The summed E-state index contributed by atoms with van der Waals surface area (Å²) in [6.45, 7) is 0.737. The Morgan fingerprint density at radius 2 is 1.97 bits per heavy atom. The molecule has 2 aromatic heterocycles. The molecule has 0 aliphatic rings. The van der Waals surface area contributed by atoms with E-state index in [0.717, 1.165) is 32.3 Å². The Balaban J connectivity index is 1.99. The van der Waals surface area contributed by atoms with Crippen LogP contribution in [0.4, 0.5) is 24.7 Å². The van der Waals surface area contributed by atoms with Crippen molar-refractivity contribution >= 4 is 38.1 Å². The number of benzene rings is 1. The first-order valence-electron chi connectivity index (χ1n) is 9.04. The molecule has 0 bridgehead atoms. The van der Waals surface area contributed by atoms with Gasteiger partial charge in [0.05, 0.1) is 17.5 Å². The van der Waals surface area contributed by atoms with Crippen LogP contribution in [0.2, 0.25) is 0 Å². The summed E-state index contributed by atoms with van der Waals surface area (Å²) in [5.41, 5.74) is 5.49. The molecular weight excluding hydrogens is 445 g/mol. The standard InChI is InChI=1S/C20H17F3N6O2S/c1-20(23,19(25)26-2)32(30,31)10-12-6-13(3-4-15(12)21)29-18-17-14(16(22)9-28-18)5-11(7-24)8-27-17/h3-6,8-9H,10H2,1-2H3,(H2,25,26)(H,28,29)/t20-/m1/s1. The highest BCUT2D eigenvalue weighted by Crippen LogP contribution is 2.29. The molecule has 0 unspecified atom stereocenters. The number of sulfone groups is 1. The zero-order valence-corrected chi connectivity index (χ0v) is 17.7. The summed E-state index contributed by atoms with van der Waals surface area (Å²) in [6.07, 6.45) is 2.16. The average Bonchev–Trinajstić information content (AvgIpc) is 2.76. The van der Waals surface area contributed by atoms with E-state index >= 15 is 0 Å². The Kier molecular flexibility index (Phi) is 6.05. The van der Waals surface area contributed by atoms with Gasteiger partial charge in [-0.2, -0.15) is 5.26 Å². The molecule has 3 N–H and O–H groups in total. The van der Waals surface area contributed by atoms with Crippen molar-refractivity contribution in [2.45, 2.75) is 17.7 Å². The second-order valence-electron chi connectivity index (χ2n) is 6.90. The number of anilines is 2.